The second kappa shape index (κ2) is 12.0. The first-order valence-corrected chi connectivity index (χ1v) is 20.3. The van der Waals surface area contributed by atoms with Gasteiger partial charge in [0.1, 0.15) is 0 Å². The fraction of sp³-hybridized carbons (Fsp3) is 0. The van der Waals surface area contributed by atoms with Crippen LogP contribution in [-0.2, 0) is 0 Å². The van der Waals surface area contributed by atoms with Crippen LogP contribution < -0.4 is 0 Å². The van der Waals surface area contributed by atoms with Crippen LogP contribution in [0.4, 0.5) is 0 Å². The maximum absolute atomic E-state index is 2.54. The molecule has 11 aromatic rings. The molecule has 0 bridgehead atoms. The van der Waals surface area contributed by atoms with Crippen molar-refractivity contribution in [1.29, 1.82) is 0 Å². The van der Waals surface area contributed by atoms with E-state index in [4.69, 9.17) is 0 Å². The molecule has 0 atom stereocenters. The number of rotatable bonds is 4. The van der Waals surface area contributed by atoms with Crippen LogP contribution in [0.25, 0.3) is 92.5 Å². The van der Waals surface area contributed by atoms with Crippen molar-refractivity contribution in [1.82, 2.24) is 0 Å². The quantitative estimate of drug-likeness (QED) is 0.158. The lowest BCUT2D eigenvalue weighted by Crippen LogP contribution is -1.97. The summed E-state index contributed by atoms with van der Waals surface area (Å²) in [6.45, 7) is 0. The summed E-state index contributed by atoms with van der Waals surface area (Å²) in [4.78, 5) is 0. The lowest BCUT2D eigenvalue weighted by molar-refractivity contribution is 1.56. The number of hydrogen-bond donors (Lipinski definition) is 0. The van der Waals surface area contributed by atoms with E-state index >= 15 is 0 Å². The van der Waals surface area contributed by atoms with Gasteiger partial charge in [-0.05, 0) is 144 Å². The van der Waals surface area contributed by atoms with Crippen molar-refractivity contribution in [2.75, 3.05) is 0 Å². The number of hydrogen-bond acceptors (Lipinski definition) is 0. The lowest BCUT2D eigenvalue weighted by atomic mass is 9.83. The van der Waals surface area contributed by atoms with E-state index in [2.05, 4.69) is 206 Å². The van der Waals surface area contributed by atoms with Crippen molar-refractivity contribution in [3.63, 3.8) is 0 Å². The lowest BCUT2D eigenvalue weighted by Gasteiger charge is -2.20. The van der Waals surface area contributed by atoms with Gasteiger partial charge in [-0.3, -0.25) is 0 Å². The molecule has 0 nitrogen and oxygen atoms in total. The Labute approximate surface area is 336 Å². The van der Waals surface area contributed by atoms with Gasteiger partial charge in [0.2, 0.25) is 0 Å². The molecule has 0 aromatic heterocycles. The third-order valence-corrected chi connectivity index (χ3v) is 12.9. The van der Waals surface area contributed by atoms with Gasteiger partial charge in [0.05, 0.1) is 0 Å². The zero-order chi connectivity index (χ0) is 37.9. The minimum atomic E-state index is 1.22. The first-order valence-electron chi connectivity index (χ1n) is 20.3. The number of benzene rings is 11. The molecule has 0 saturated carbocycles. The molecule has 0 heterocycles. The van der Waals surface area contributed by atoms with Crippen LogP contribution in [0, 0.1) is 0 Å². The molecule has 0 radical (unpaired) electrons. The zero-order valence-electron chi connectivity index (χ0n) is 31.6. The van der Waals surface area contributed by atoms with E-state index in [9.17, 15) is 0 Å². The molecule has 0 unspecified atom stereocenters. The van der Waals surface area contributed by atoms with Gasteiger partial charge in [-0.25, -0.2) is 0 Å². The molecule has 0 saturated heterocycles. The van der Waals surface area contributed by atoms with E-state index in [-0.39, 0.29) is 0 Å². The number of fused-ring (bicyclic) bond motifs is 9. The smallest absolute Gasteiger partial charge is 0.000137 e. The predicted octanol–water partition coefficient (Wildman–Crippen LogP) is 15.4. The second-order valence-corrected chi connectivity index (χ2v) is 15.9. The summed E-state index contributed by atoms with van der Waals surface area (Å²) in [6.07, 6.45) is 0. The summed E-state index contributed by atoms with van der Waals surface area (Å²) < 4.78 is 0. The molecule has 13 rings (SSSR count). The van der Waals surface area contributed by atoms with Gasteiger partial charge in [0.15, 0.2) is 0 Å². The van der Waals surface area contributed by atoms with Gasteiger partial charge < -0.3 is 0 Å². The van der Waals surface area contributed by atoms with Crippen LogP contribution in [0.3, 0.4) is 0 Å². The van der Waals surface area contributed by atoms with Crippen molar-refractivity contribution in [3.8, 4) is 0 Å². The molecule has 11 aromatic carbocycles. The van der Waals surface area contributed by atoms with Crippen LogP contribution in [0.1, 0.15) is 33.4 Å². The van der Waals surface area contributed by atoms with Gasteiger partial charge in [-0.2, -0.15) is 0 Å². The van der Waals surface area contributed by atoms with E-state index in [0.717, 1.165) is 0 Å². The third-order valence-electron chi connectivity index (χ3n) is 12.9. The van der Waals surface area contributed by atoms with E-state index in [0.29, 0.717) is 0 Å². The highest BCUT2D eigenvalue weighted by molar-refractivity contribution is 6.42. The maximum atomic E-state index is 2.54. The van der Waals surface area contributed by atoms with Gasteiger partial charge in [-0.15, -0.1) is 0 Å². The summed E-state index contributed by atoms with van der Waals surface area (Å²) in [5, 5.41) is 15.6. The molecule has 266 valence electrons. The Kier molecular flexibility index (Phi) is 6.54. The summed E-state index contributed by atoms with van der Waals surface area (Å²) in [5.41, 5.74) is 15.3. The standard InChI is InChI=1S/C58H34/c1-4-15-35(16-5-1)53-49-33-47-43-25-12-10-23-41(43)42-24-11-13-26-44(42)48(47)34-50(49)57-56(54(36-17-6-2-7-18-36)55(58(53)57)37-19-8-3-9-20-37)46-32-30-40-28-27-38-21-14-22-39-29-31-45(46)52(40)51(38)39/h1-34H. The summed E-state index contributed by atoms with van der Waals surface area (Å²) in [5.74, 6) is 0. The highest BCUT2D eigenvalue weighted by atomic mass is 14.4. The van der Waals surface area contributed by atoms with Crippen molar-refractivity contribution < 1.29 is 0 Å². The molecule has 0 amide bonds. The molecule has 0 heteroatoms. The van der Waals surface area contributed by atoms with E-state index < -0.39 is 0 Å². The average Bonchev–Trinajstić information content (AvgIpc) is 3.81. The molecule has 0 aliphatic heterocycles. The fourth-order valence-corrected chi connectivity index (χ4v) is 10.6. The third kappa shape index (κ3) is 4.29. The highest BCUT2D eigenvalue weighted by Gasteiger charge is 2.41. The Morgan fingerprint density at radius 3 is 1.14 bits per heavy atom. The van der Waals surface area contributed by atoms with Crippen LogP contribution in [0.2, 0.25) is 0 Å². The Hall–Kier alpha value is -7.54. The molecule has 0 fully saturated rings. The van der Waals surface area contributed by atoms with Crippen LogP contribution in [-0.4, -0.2) is 0 Å². The highest BCUT2D eigenvalue weighted by Crippen LogP contribution is 2.63. The Balaban J connectivity index is 1.27. The summed E-state index contributed by atoms with van der Waals surface area (Å²) in [6, 6.07) is 77.1. The van der Waals surface area contributed by atoms with Gasteiger partial charge in [0, 0.05) is 0 Å². The van der Waals surface area contributed by atoms with Crippen molar-refractivity contribution in [2.45, 2.75) is 0 Å². The van der Waals surface area contributed by atoms with Crippen LogP contribution >= 0.6 is 0 Å². The van der Waals surface area contributed by atoms with E-state index in [1.165, 1.54) is 131 Å². The summed E-state index contributed by atoms with van der Waals surface area (Å²) in [7, 11) is 0. The minimum absolute atomic E-state index is 1.22. The zero-order valence-corrected chi connectivity index (χ0v) is 31.6. The minimum Gasteiger partial charge on any atom is -0.0622 e. The van der Waals surface area contributed by atoms with Crippen LogP contribution in [0.15, 0.2) is 212 Å². The van der Waals surface area contributed by atoms with Crippen LogP contribution in [0.5, 0.6) is 0 Å². The van der Waals surface area contributed by atoms with E-state index in [1.54, 1.807) is 0 Å². The van der Waals surface area contributed by atoms with E-state index in [1.807, 2.05) is 0 Å². The first-order chi connectivity index (χ1) is 28.8. The van der Waals surface area contributed by atoms with Gasteiger partial charge in [0.25, 0.3) is 0 Å². The second-order valence-electron chi connectivity index (χ2n) is 15.9. The van der Waals surface area contributed by atoms with Gasteiger partial charge >= 0.3 is 0 Å². The molecule has 58 heavy (non-hydrogen) atoms. The Morgan fingerprint density at radius 2 is 0.586 bits per heavy atom. The fourth-order valence-electron chi connectivity index (χ4n) is 10.6. The molecular weight excluding hydrogens is 697 g/mol. The first kappa shape index (κ1) is 31.6. The van der Waals surface area contributed by atoms with Crippen molar-refractivity contribution >= 4 is 92.5 Å². The topological polar surface area (TPSA) is 0 Å². The number of allylic oxidation sites excluding steroid dienone is 5. The predicted molar refractivity (Wildman–Crippen MR) is 248 cm³/mol. The van der Waals surface area contributed by atoms with Crippen molar-refractivity contribution in [3.05, 3.63) is 245 Å². The van der Waals surface area contributed by atoms with Gasteiger partial charge in [-0.1, -0.05) is 194 Å². The average molecular weight is 731 g/mol. The molecule has 0 N–H and O–H groups in total. The largest absolute Gasteiger partial charge is 0.0622 e. The maximum Gasteiger partial charge on any atom is -0.000137 e. The summed E-state index contributed by atoms with van der Waals surface area (Å²) >= 11 is 0. The molecular formula is C58H34. The molecule has 2 aliphatic rings. The Morgan fingerprint density at radius 1 is 0.190 bits per heavy atom. The monoisotopic (exact) mass is 730 g/mol. The molecule has 0 spiro atoms. The SMILES string of the molecule is c1ccc(C2=C(c3ccccc3)C(c3ccc4ccc5cccc6ccc3c4c56)=C3C2=C(c2ccccc2)c2cc4c5ccccc5c5ccccc5c4cc23)cc1. The Bertz CT molecular complexity index is 3600. The molecule has 2 aliphatic carbocycles. The van der Waals surface area contributed by atoms with Crippen molar-refractivity contribution in [2.24, 2.45) is 0 Å². The normalized spacial score (nSPS) is 14.0.